The summed E-state index contributed by atoms with van der Waals surface area (Å²) in [5.74, 6) is 2.77. The molecule has 4 rings (SSSR count). The number of nitrogens with zero attached hydrogens (tertiary/aromatic N) is 3. The Kier molecular flexibility index (Phi) is 2.12. The zero-order chi connectivity index (χ0) is 11.2. The van der Waals surface area contributed by atoms with Crippen molar-refractivity contribution in [2.45, 2.75) is 25.2 Å². The standard InChI is InChI=1S/C13H18N4/c1-2-11-13(10-7-9(1)10)15-8-12(16-11)17-5-3-14-4-6-17/h8-10,14H,1-7H2/t9-,10?/m1/s1. The average Bonchev–Trinajstić information content (AvgIpc) is 3.19. The monoisotopic (exact) mass is 230 g/mol. The molecule has 1 saturated carbocycles. The van der Waals surface area contributed by atoms with Gasteiger partial charge in [-0.3, -0.25) is 4.98 Å². The van der Waals surface area contributed by atoms with Gasteiger partial charge in [-0.2, -0.15) is 0 Å². The number of piperazine rings is 1. The Hall–Kier alpha value is -1.16. The normalized spacial score (nSPS) is 30.7. The summed E-state index contributed by atoms with van der Waals surface area (Å²) in [7, 11) is 0. The van der Waals surface area contributed by atoms with Gasteiger partial charge in [0.05, 0.1) is 17.6 Å². The fourth-order valence-corrected chi connectivity index (χ4v) is 3.19. The minimum Gasteiger partial charge on any atom is -0.353 e. The van der Waals surface area contributed by atoms with E-state index in [-0.39, 0.29) is 0 Å². The highest BCUT2D eigenvalue weighted by Gasteiger charge is 2.43. The fourth-order valence-electron chi connectivity index (χ4n) is 3.19. The van der Waals surface area contributed by atoms with Crippen molar-refractivity contribution in [2.24, 2.45) is 5.92 Å². The number of hydrogen-bond acceptors (Lipinski definition) is 4. The Morgan fingerprint density at radius 2 is 2.18 bits per heavy atom. The Labute approximate surface area is 101 Å². The molecule has 2 aliphatic carbocycles. The minimum atomic E-state index is 0.753. The van der Waals surface area contributed by atoms with Gasteiger partial charge in [0.25, 0.3) is 0 Å². The summed E-state index contributed by atoms with van der Waals surface area (Å²) in [6.07, 6.45) is 5.82. The second-order valence-electron chi connectivity index (χ2n) is 5.44. The van der Waals surface area contributed by atoms with E-state index in [1.165, 1.54) is 24.2 Å². The van der Waals surface area contributed by atoms with Crippen molar-refractivity contribution >= 4 is 5.82 Å². The molecule has 2 heterocycles. The third kappa shape index (κ3) is 1.62. The highest BCUT2D eigenvalue weighted by Crippen LogP contribution is 2.53. The van der Waals surface area contributed by atoms with Crippen molar-refractivity contribution < 1.29 is 0 Å². The summed E-state index contributed by atoms with van der Waals surface area (Å²) in [4.78, 5) is 11.9. The zero-order valence-electron chi connectivity index (χ0n) is 10.0. The van der Waals surface area contributed by atoms with E-state index in [0.29, 0.717) is 0 Å². The van der Waals surface area contributed by atoms with Crippen molar-refractivity contribution in [3.05, 3.63) is 17.6 Å². The Balaban J connectivity index is 1.64. The minimum absolute atomic E-state index is 0.753. The van der Waals surface area contributed by atoms with Crippen molar-refractivity contribution in [1.82, 2.24) is 15.3 Å². The molecule has 0 bridgehead atoms. The van der Waals surface area contributed by atoms with Gasteiger partial charge in [-0.15, -0.1) is 0 Å². The van der Waals surface area contributed by atoms with E-state index in [2.05, 4.69) is 10.2 Å². The lowest BCUT2D eigenvalue weighted by molar-refractivity contribution is 0.578. The molecule has 1 aliphatic heterocycles. The first-order valence-electron chi connectivity index (χ1n) is 6.73. The van der Waals surface area contributed by atoms with Gasteiger partial charge in [0.2, 0.25) is 0 Å². The lowest BCUT2D eigenvalue weighted by atomic mass is 10.0. The van der Waals surface area contributed by atoms with Crippen LogP contribution in [0.2, 0.25) is 0 Å². The first-order chi connectivity index (χ1) is 8.42. The summed E-state index contributed by atoms with van der Waals surface area (Å²) < 4.78 is 0. The largest absolute Gasteiger partial charge is 0.353 e. The van der Waals surface area contributed by atoms with Crippen molar-refractivity contribution in [2.75, 3.05) is 31.1 Å². The van der Waals surface area contributed by atoms with E-state index in [4.69, 9.17) is 9.97 Å². The lowest BCUT2D eigenvalue weighted by Gasteiger charge is -2.29. The number of fused-ring (bicyclic) bond motifs is 3. The van der Waals surface area contributed by atoms with Gasteiger partial charge in [0.1, 0.15) is 5.82 Å². The summed E-state index contributed by atoms with van der Waals surface area (Å²) in [5, 5.41) is 3.37. The number of rotatable bonds is 1. The van der Waals surface area contributed by atoms with E-state index in [0.717, 1.165) is 50.3 Å². The van der Waals surface area contributed by atoms with Gasteiger partial charge >= 0.3 is 0 Å². The van der Waals surface area contributed by atoms with Crippen LogP contribution in [0.1, 0.15) is 30.1 Å². The summed E-state index contributed by atoms with van der Waals surface area (Å²) in [6, 6.07) is 0. The van der Waals surface area contributed by atoms with Gasteiger partial charge in [0, 0.05) is 32.1 Å². The van der Waals surface area contributed by atoms with E-state index in [9.17, 15) is 0 Å². The predicted molar refractivity (Wildman–Crippen MR) is 66.3 cm³/mol. The predicted octanol–water partition coefficient (Wildman–Crippen LogP) is 0.936. The number of aromatic nitrogens is 2. The quantitative estimate of drug-likeness (QED) is 0.779. The van der Waals surface area contributed by atoms with E-state index >= 15 is 0 Å². The van der Waals surface area contributed by atoms with Crippen LogP contribution >= 0.6 is 0 Å². The van der Waals surface area contributed by atoms with Crippen LogP contribution in [0.3, 0.4) is 0 Å². The smallest absolute Gasteiger partial charge is 0.147 e. The van der Waals surface area contributed by atoms with Crippen molar-refractivity contribution in [3.63, 3.8) is 0 Å². The second kappa shape index (κ2) is 3.67. The molecule has 4 heteroatoms. The van der Waals surface area contributed by atoms with E-state index in [1.807, 2.05) is 6.20 Å². The molecule has 1 unspecified atom stereocenters. The number of hydrogen-bond donors (Lipinski definition) is 1. The third-order valence-electron chi connectivity index (χ3n) is 4.33. The Bertz CT molecular complexity index is 439. The maximum Gasteiger partial charge on any atom is 0.147 e. The molecule has 0 aromatic carbocycles. The summed E-state index contributed by atoms with van der Waals surface area (Å²) in [6.45, 7) is 4.23. The van der Waals surface area contributed by atoms with Gasteiger partial charge in [-0.25, -0.2) is 4.98 Å². The number of aryl methyl sites for hydroxylation is 1. The van der Waals surface area contributed by atoms with Gasteiger partial charge < -0.3 is 10.2 Å². The number of nitrogens with one attached hydrogen (secondary N) is 1. The fraction of sp³-hybridized carbons (Fsp3) is 0.692. The third-order valence-corrected chi connectivity index (χ3v) is 4.33. The molecule has 1 aromatic heterocycles. The molecule has 0 radical (unpaired) electrons. The Morgan fingerprint density at radius 3 is 3.06 bits per heavy atom. The van der Waals surface area contributed by atoms with E-state index < -0.39 is 0 Å². The van der Waals surface area contributed by atoms with Gasteiger partial charge in [0.15, 0.2) is 0 Å². The molecular formula is C13H18N4. The first-order valence-corrected chi connectivity index (χ1v) is 6.73. The van der Waals surface area contributed by atoms with Crippen LogP contribution in [0.25, 0.3) is 0 Å². The lowest BCUT2D eigenvalue weighted by Crippen LogP contribution is -2.44. The first kappa shape index (κ1) is 9.83. The highest BCUT2D eigenvalue weighted by atomic mass is 15.2. The summed E-state index contributed by atoms with van der Waals surface area (Å²) in [5.41, 5.74) is 2.58. The van der Waals surface area contributed by atoms with E-state index in [1.54, 1.807) is 0 Å². The number of anilines is 1. The van der Waals surface area contributed by atoms with Gasteiger partial charge in [-0.1, -0.05) is 0 Å². The van der Waals surface area contributed by atoms with Crippen LogP contribution in [-0.4, -0.2) is 36.1 Å². The maximum absolute atomic E-state index is 4.85. The molecule has 4 nitrogen and oxygen atoms in total. The molecule has 90 valence electrons. The van der Waals surface area contributed by atoms with Crippen LogP contribution in [0.5, 0.6) is 0 Å². The molecule has 0 amide bonds. The van der Waals surface area contributed by atoms with Crippen LogP contribution < -0.4 is 10.2 Å². The van der Waals surface area contributed by atoms with Crippen LogP contribution in [-0.2, 0) is 6.42 Å². The molecule has 0 spiro atoms. The SMILES string of the molecule is c1nc2c(nc1N1CCNCC1)CC[C@@H]1CC21. The second-order valence-corrected chi connectivity index (χ2v) is 5.44. The highest BCUT2D eigenvalue weighted by molar-refractivity contribution is 5.41. The molecular weight excluding hydrogens is 212 g/mol. The maximum atomic E-state index is 4.85. The Morgan fingerprint density at radius 1 is 1.29 bits per heavy atom. The molecule has 1 N–H and O–H groups in total. The van der Waals surface area contributed by atoms with Crippen molar-refractivity contribution in [1.29, 1.82) is 0 Å². The van der Waals surface area contributed by atoms with Crippen molar-refractivity contribution in [3.8, 4) is 0 Å². The molecule has 17 heavy (non-hydrogen) atoms. The summed E-state index contributed by atoms with van der Waals surface area (Å²) >= 11 is 0. The molecule has 3 aliphatic rings. The topological polar surface area (TPSA) is 41.1 Å². The average molecular weight is 230 g/mol. The molecule has 1 saturated heterocycles. The van der Waals surface area contributed by atoms with Gasteiger partial charge in [-0.05, 0) is 25.2 Å². The van der Waals surface area contributed by atoms with Crippen LogP contribution in [0.4, 0.5) is 5.82 Å². The van der Waals surface area contributed by atoms with Crippen LogP contribution in [0.15, 0.2) is 6.20 Å². The zero-order valence-corrected chi connectivity index (χ0v) is 10.0. The molecule has 1 aromatic rings. The van der Waals surface area contributed by atoms with Crippen LogP contribution in [0, 0.1) is 5.92 Å². The molecule has 2 atom stereocenters. The molecule has 2 fully saturated rings.